The van der Waals surface area contributed by atoms with E-state index in [1.165, 1.54) is 11.8 Å². The first kappa shape index (κ1) is 26.3. The van der Waals surface area contributed by atoms with Gasteiger partial charge in [-0.1, -0.05) is 17.8 Å². The molecule has 2 aromatic rings. The van der Waals surface area contributed by atoms with E-state index < -0.39 is 12.0 Å². The molecule has 0 unspecified atom stereocenters. The second-order valence-corrected chi connectivity index (χ2v) is 9.60. The summed E-state index contributed by atoms with van der Waals surface area (Å²) in [6.45, 7) is 5.72. The van der Waals surface area contributed by atoms with Gasteiger partial charge in [0.15, 0.2) is 5.17 Å². The van der Waals surface area contributed by atoms with Crippen molar-refractivity contribution in [1.82, 2.24) is 15.2 Å². The lowest BCUT2D eigenvalue weighted by atomic mass is 9.93. The number of ether oxygens (including phenoxy) is 3. The van der Waals surface area contributed by atoms with Crippen LogP contribution < -0.4 is 14.8 Å². The van der Waals surface area contributed by atoms with Crippen LogP contribution in [0, 0.1) is 0 Å². The van der Waals surface area contributed by atoms with Crippen molar-refractivity contribution in [2.75, 3.05) is 14.2 Å². The number of fused-ring (bicyclic) bond motifs is 1. The molecule has 4 rings (SSSR count). The molecular formula is C27H30N4O5S. The van der Waals surface area contributed by atoms with Gasteiger partial charge in [0.05, 0.1) is 56.3 Å². The number of thioether (sulfide) groups is 1. The fourth-order valence-corrected chi connectivity index (χ4v) is 5.09. The van der Waals surface area contributed by atoms with E-state index in [-0.39, 0.29) is 18.4 Å². The number of amidine groups is 1. The fraction of sp³-hybridized carbons (Fsp3) is 0.333. The van der Waals surface area contributed by atoms with E-state index in [0.29, 0.717) is 34.5 Å². The number of hydrogen-bond acceptors (Lipinski definition) is 9. The summed E-state index contributed by atoms with van der Waals surface area (Å²) in [6.07, 6.45) is 1.48. The van der Waals surface area contributed by atoms with Gasteiger partial charge in [0, 0.05) is 18.0 Å². The van der Waals surface area contributed by atoms with E-state index in [4.69, 9.17) is 19.2 Å². The number of nitrogens with one attached hydrogen (secondary N) is 1. The maximum Gasteiger partial charge on any atom is 0.338 e. The van der Waals surface area contributed by atoms with Crippen LogP contribution in [0.4, 0.5) is 0 Å². The molecule has 10 heteroatoms. The SMILES string of the molecule is COc1cc(OC)cc([C@@H]2C(C(=O)OC(C)C)=C(C)N=C3SC=C(CC(=O)NCc4ccccn4)N32)c1. The molecule has 0 bridgehead atoms. The molecule has 194 valence electrons. The Balaban J connectivity index is 1.68. The average molecular weight is 523 g/mol. The minimum Gasteiger partial charge on any atom is -0.497 e. The van der Waals surface area contributed by atoms with Crippen LogP contribution in [0.15, 0.2) is 70.0 Å². The van der Waals surface area contributed by atoms with Gasteiger partial charge < -0.3 is 24.4 Å². The van der Waals surface area contributed by atoms with E-state index in [9.17, 15) is 9.59 Å². The molecule has 1 atom stereocenters. The molecule has 0 fully saturated rings. The van der Waals surface area contributed by atoms with Gasteiger partial charge in [-0.15, -0.1) is 0 Å². The Bertz CT molecular complexity index is 1250. The third kappa shape index (κ3) is 5.96. The van der Waals surface area contributed by atoms with Gasteiger partial charge in [0.1, 0.15) is 11.5 Å². The predicted molar refractivity (Wildman–Crippen MR) is 142 cm³/mol. The van der Waals surface area contributed by atoms with Crippen LogP contribution in [0.5, 0.6) is 11.5 Å². The molecule has 0 aliphatic carbocycles. The van der Waals surface area contributed by atoms with Crippen molar-refractivity contribution in [2.45, 2.75) is 45.9 Å². The first-order chi connectivity index (χ1) is 17.8. The van der Waals surface area contributed by atoms with Crippen molar-refractivity contribution in [1.29, 1.82) is 0 Å². The van der Waals surface area contributed by atoms with Crippen molar-refractivity contribution in [3.8, 4) is 11.5 Å². The highest BCUT2D eigenvalue weighted by atomic mass is 32.2. The predicted octanol–water partition coefficient (Wildman–Crippen LogP) is 4.33. The molecular weight excluding hydrogens is 492 g/mol. The third-order valence-electron chi connectivity index (χ3n) is 5.79. The van der Waals surface area contributed by atoms with Gasteiger partial charge in [0.2, 0.25) is 5.91 Å². The number of methoxy groups -OCH3 is 2. The minimum atomic E-state index is -0.590. The quantitative estimate of drug-likeness (QED) is 0.486. The normalized spacial score (nSPS) is 16.7. The number of rotatable bonds is 9. The van der Waals surface area contributed by atoms with Crippen molar-refractivity contribution < 1.29 is 23.8 Å². The van der Waals surface area contributed by atoms with Crippen LogP contribution in [0.2, 0.25) is 0 Å². The minimum absolute atomic E-state index is 0.0992. The summed E-state index contributed by atoms with van der Waals surface area (Å²) < 4.78 is 16.6. The summed E-state index contributed by atoms with van der Waals surface area (Å²) in [7, 11) is 3.15. The molecule has 1 amide bonds. The lowest BCUT2D eigenvalue weighted by molar-refractivity contribution is -0.143. The first-order valence-corrected chi connectivity index (χ1v) is 12.7. The molecule has 0 spiro atoms. The summed E-state index contributed by atoms with van der Waals surface area (Å²) in [6, 6.07) is 10.4. The summed E-state index contributed by atoms with van der Waals surface area (Å²) in [4.78, 5) is 37.1. The molecule has 37 heavy (non-hydrogen) atoms. The highest BCUT2D eigenvalue weighted by molar-refractivity contribution is 8.16. The maximum absolute atomic E-state index is 13.3. The number of allylic oxidation sites excluding steroid dienone is 1. The maximum atomic E-state index is 13.3. The van der Waals surface area contributed by atoms with Crippen molar-refractivity contribution in [3.63, 3.8) is 0 Å². The summed E-state index contributed by atoms with van der Waals surface area (Å²) >= 11 is 1.41. The zero-order valence-electron chi connectivity index (χ0n) is 21.5. The van der Waals surface area contributed by atoms with Crippen LogP contribution >= 0.6 is 11.8 Å². The van der Waals surface area contributed by atoms with E-state index in [0.717, 1.165) is 17.0 Å². The van der Waals surface area contributed by atoms with E-state index in [2.05, 4.69) is 10.3 Å². The molecule has 0 radical (unpaired) electrons. The second kappa shape index (κ2) is 11.5. The Morgan fingerprint density at radius 3 is 2.49 bits per heavy atom. The zero-order valence-corrected chi connectivity index (χ0v) is 22.3. The van der Waals surface area contributed by atoms with Gasteiger partial charge in [-0.3, -0.25) is 9.78 Å². The molecule has 0 saturated carbocycles. The van der Waals surface area contributed by atoms with Gasteiger partial charge in [-0.25, -0.2) is 9.79 Å². The Labute approximate surface area is 220 Å². The average Bonchev–Trinajstić information content (AvgIpc) is 3.27. The van der Waals surface area contributed by atoms with Crippen LogP contribution in [0.3, 0.4) is 0 Å². The summed E-state index contributed by atoms with van der Waals surface area (Å²) in [5.41, 5.74) is 3.20. The van der Waals surface area contributed by atoms with Crippen LogP contribution in [0.1, 0.15) is 44.5 Å². The van der Waals surface area contributed by atoms with Gasteiger partial charge in [0.25, 0.3) is 0 Å². The number of hydrogen-bond donors (Lipinski definition) is 1. The zero-order chi connectivity index (χ0) is 26.5. The molecule has 2 aliphatic heterocycles. The van der Waals surface area contributed by atoms with Crippen molar-refractivity contribution in [3.05, 3.63) is 76.2 Å². The molecule has 1 aromatic carbocycles. The Hall–Kier alpha value is -3.79. The largest absolute Gasteiger partial charge is 0.497 e. The number of carbonyl (C=O) groups is 2. The molecule has 2 aliphatic rings. The molecule has 0 saturated heterocycles. The standard InChI is InChI=1S/C27H30N4O5S/c1-16(2)36-26(33)24-17(3)30-27-31(25(24)18-10-21(34-4)13-22(11-18)35-5)20(15-37-27)12-23(32)29-14-19-8-6-7-9-28-19/h6-11,13,15-16,25H,12,14H2,1-5H3,(H,29,32)/t25-/m1/s1. The van der Waals surface area contributed by atoms with Crippen LogP contribution in [-0.2, 0) is 20.9 Å². The monoisotopic (exact) mass is 522 g/mol. The number of esters is 1. The lowest BCUT2D eigenvalue weighted by Crippen LogP contribution is -2.38. The van der Waals surface area contributed by atoms with Gasteiger partial charge in [-0.05, 0) is 56.0 Å². The Kier molecular flexibility index (Phi) is 8.17. The molecule has 9 nitrogen and oxygen atoms in total. The number of aliphatic imine (C=N–C) groups is 1. The smallest absolute Gasteiger partial charge is 0.338 e. The van der Waals surface area contributed by atoms with Crippen LogP contribution in [-0.4, -0.2) is 47.3 Å². The number of benzene rings is 1. The third-order valence-corrected chi connectivity index (χ3v) is 6.68. The highest BCUT2D eigenvalue weighted by Gasteiger charge is 2.41. The summed E-state index contributed by atoms with van der Waals surface area (Å²) in [5.74, 6) is 0.535. The summed E-state index contributed by atoms with van der Waals surface area (Å²) in [5, 5.41) is 5.49. The lowest BCUT2D eigenvalue weighted by Gasteiger charge is -2.36. The number of amides is 1. The van der Waals surface area contributed by atoms with Crippen LogP contribution in [0.25, 0.3) is 0 Å². The van der Waals surface area contributed by atoms with E-state index in [1.54, 1.807) is 47.3 Å². The fourth-order valence-electron chi connectivity index (χ4n) is 4.13. The highest BCUT2D eigenvalue weighted by Crippen LogP contribution is 2.46. The number of aromatic nitrogens is 1. The number of carbonyl (C=O) groups excluding carboxylic acids is 2. The Morgan fingerprint density at radius 1 is 1.14 bits per heavy atom. The van der Waals surface area contributed by atoms with Gasteiger partial charge >= 0.3 is 5.97 Å². The topological polar surface area (TPSA) is 102 Å². The van der Waals surface area contributed by atoms with E-state index in [1.807, 2.05) is 40.6 Å². The Morgan fingerprint density at radius 2 is 1.86 bits per heavy atom. The van der Waals surface area contributed by atoms with Crippen molar-refractivity contribution in [2.24, 2.45) is 4.99 Å². The van der Waals surface area contributed by atoms with Gasteiger partial charge in [-0.2, -0.15) is 0 Å². The molecule has 1 N–H and O–H groups in total. The van der Waals surface area contributed by atoms with E-state index >= 15 is 0 Å². The first-order valence-electron chi connectivity index (χ1n) is 11.9. The second-order valence-electron chi connectivity index (χ2n) is 8.77. The molecule has 3 heterocycles. The molecule has 1 aromatic heterocycles. The van der Waals surface area contributed by atoms with Crippen molar-refractivity contribution >= 4 is 28.8 Å². The number of nitrogens with zero attached hydrogens (tertiary/aromatic N) is 3. The number of pyridine rings is 1.